The normalized spacial score (nSPS) is 13.8. The molecular weight excluding hydrogens is 456 g/mol. The highest BCUT2D eigenvalue weighted by atomic mass is 35.5. The molecular formula is C35H29Cl. The van der Waals surface area contributed by atoms with Crippen LogP contribution in [0.5, 0.6) is 0 Å². The first-order valence-electron chi connectivity index (χ1n) is 12.6. The van der Waals surface area contributed by atoms with Gasteiger partial charge in [0, 0.05) is 10.6 Å². The van der Waals surface area contributed by atoms with Crippen molar-refractivity contribution in [1.82, 2.24) is 0 Å². The zero-order chi connectivity index (χ0) is 24.9. The lowest BCUT2D eigenvalue weighted by atomic mass is 9.67. The first-order chi connectivity index (χ1) is 17.4. The van der Waals surface area contributed by atoms with Crippen LogP contribution in [0.15, 0.2) is 121 Å². The lowest BCUT2D eigenvalue weighted by molar-refractivity contribution is 0.589. The van der Waals surface area contributed by atoms with Crippen LogP contribution in [0.25, 0.3) is 22.3 Å². The fourth-order valence-electron chi connectivity index (χ4n) is 5.86. The summed E-state index contributed by atoms with van der Waals surface area (Å²) in [5.74, 6) is 0. The van der Waals surface area contributed by atoms with Crippen LogP contribution >= 0.6 is 11.6 Å². The van der Waals surface area contributed by atoms with Crippen LogP contribution in [0.4, 0.5) is 0 Å². The SMILES string of the molecule is CC(C)(C)c1ccc(C2(c3cccc(-c4ccccc4Cl)c3)c3ccccc3-c3ccccc32)cc1. The van der Waals surface area contributed by atoms with Gasteiger partial charge in [-0.25, -0.2) is 0 Å². The first kappa shape index (κ1) is 22.8. The number of hydrogen-bond donors (Lipinski definition) is 0. The highest BCUT2D eigenvalue weighted by Crippen LogP contribution is 2.56. The molecule has 0 amide bonds. The van der Waals surface area contributed by atoms with Crippen molar-refractivity contribution in [3.8, 4) is 22.3 Å². The standard InChI is InChI=1S/C35H29Cl/c1-34(2,3)25-19-21-26(22-20-25)35(27-12-10-11-24(23-27)28-13-6-9-18-33(28)36)31-16-7-4-14-29(31)30-15-5-8-17-32(30)35/h4-23H,1-3H3. The highest BCUT2D eigenvalue weighted by molar-refractivity contribution is 6.33. The molecule has 0 aromatic heterocycles. The molecule has 1 aliphatic rings. The Morgan fingerprint density at radius 2 is 1.08 bits per heavy atom. The third-order valence-corrected chi connectivity index (χ3v) is 7.95. The van der Waals surface area contributed by atoms with Crippen LogP contribution in [0, 0.1) is 0 Å². The van der Waals surface area contributed by atoms with Crippen LogP contribution in [0.1, 0.15) is 48.6 Å². The molecule has 0 heterocycles. The van der Waals surface area contributed by atoms with Gasteiger partial charge in [0.2, 0.25) is 0 Å². The van der Waals surface area contributed by atoms with Crippen LogP contribution < -0.4 is 0 Å². The molecule has 0 aliphatic heterocycles. The summed E-state index contributed by atoms with van der Waals surface area (Å²) in [6.45, 7) is 6.81. The van der Waals surface area contributed by atoms with E-state index in [9.17, 15) is 0 Å². The zero-order valence-corrected chi connectivity index (χ0v) is 21.7. The Morgan fingerprint density at radius 1 is 0.528 bits per heavy atom. The minimum atomic E-state index is -0.416. The Balaban J connectivity index is 1.68. The lowest BCUT2D eigenvalue weighted by Gasteiger charge is -2.34. The molecule has 5 aromatic carbocycles. The second kappa shape index (κ2) is 8.50. The van der Waals surface area contributed by atoms with Crippen molar-refractivity contribution in [3.63, 3.8) is 0 Å². The van der Waals surface area contributed by atoms with Crippen molar-refractivity contribution < 1.29 is 0 Å². The number of rotatable bonds is 3. The van der Waals surface area contributed by atoms with Gasteiger partial charge in [0.1, 0.15) is 0 Å². The molecule has 176 valence electrons. The van der Waals surface area contributed by atoms with Crippen LogP contribution in [0.2, 0.25) is 5.02 Å². The monoisotopic (exact) mass is 484 g/mol. The molecule has 1 aliphatic carbocycles. The maximum atomic E-state index is 6.64. The zero-order valence-electron chi connectivity index (χ0n) is 20.9. The Bertz CT molecular complexity index is 1520. The molecule has 0 atom stereocenters. The minimum absolute atomic E-state index is 0.0984. The molecule has 0 saturated heterocycles. The summed E-state index contributed by atoms with van der Waals surface area (Å²) in [6, 6.07) is 44.1. The predicted octanol–water partition coefficient (Wildman–Crippen LogP) is 9.67. The van der Waals surface area contributed by atoms with E-state index < -0.39 is 5.41 Å². The van der Waals surface area contributed by atoms with E-state index in [2.05, 4.69) is 130 Å². The maximum absolute atomic E-state index is 6.64. The molecule has 0 fully saturated rings. The van der Waals surface area contributed by atoms with Crippen molar-refractivity contribution in [2.24, 2.45) is 0 Å². The third-order valence-electron chi connectivity index (χ3n) is 7.62. The summed E-state index contributed by atoms with van der Waals surface area (Å²) < 4.78 is 0. The maximum Gasteiger partial charge on any atom is 0.0713 e. The molecule has 6 rings (SSSR count). The van der Waals surface area contributed by atoms with Gasteiger partial charge in [-0.1, -0.05) is 142 Å². The summed E-state index contributed by atoms with van der Waals surface area (Å²) in [5, 5.41) is 0.769. The first-order valence-corrected chi connectivity index (χ1v) is 12.9. The summed E-state index contributed by atoms with van der Waals surface area (Å²) in [6.07, 6.45) is 0. The van der Waals surface area contributed by atoms with E-state index >= 15 is 0 Å². The van der Waals surface area contributed by atoms with Crippen molar-refractivity contribution in [1.29, 1.82) is 0 Å². The average molecular weight is 485 g/mol. The average Bonchev–Trinajstić information content (AvgIpc) is 3.20. The molecule has 0 bridgehead atoms. The van der Waals surface area contributed by atoms with E-state index in [0.717, 1.165) is 16.1 Å². The molecule has 0 radical (unpaired) electrons. The van der Waals surface area contributed by atoms with Gasteiger partial charge in [0.15, 0.2) is 0 Å². The van der Waals surface area contributed by atoms with Crippen molar-refractivity contribution in [2.75, 3.05) is 0 Å². The Morgan fingerprint density at radius 3 is 1.67 bits per heavy atom. The van der Waals surface area contributed by atoms with Crippen LogP contribution in [0.3, 0.4) is 0 Å². The van der Waals surface area contributed by atoms with Gasteiger partial charge < -0.3 is 0 Å². The smallest absolute Gasteiger partial charge is 0.0713 e. The number of halogens is 1. The number of benzene rings is 5. The summed E-state index contributed by atoms with van der Waals surface area (Å²) in [5.41, 5.74) is 11.0. The van der Waals surface area contributed by atoms with Crippen molar-refractivity contribution in [2.45, 2.75) is 31.6 Å². The molecule has 0 unspecified atom stereocenters. The van der Waals surface area contributed by atoms with E-state index in [1.54, 1.807) is 0 Å². The van der Waals surface area contributed by atoms with Gasteiger partial charge in [0.05, 0.1) is 5.41 Å². The second-order valence-electron chi connectivity index (χ2n) is 10.7. The van der Waals surface area contributed by atoms with Gasteiger partial charge >= 0.3 is 0 Å². The van der Waals surface area contributed by atoms with E-state index in [1.807, 2.05) is 12.1 Å². The van der Waals surface area contributed by atoms with E-state index in [1.165, 1.54) is 38.9 Å². The topological polar surface area (TPSA) is 0 Å². The van der Waals surface area contributed by atoms with Gasteiger partial charge in [-0.2, -0.15) is 0 Å². The minimum Gasteiger partial charge on any atom is -0.0837 e. The van der Waals surface area contributed by atoms with E-state index in [0.29, 0.717) is 0 Å². The molecule has 0 saturated carbocycles. The Labute approximate surface area is 219 Å². The quantitative estimate of drug-likeness (QED) is 0.234. The Kier molecular flexibility index (Phi) is 5.39. The van der Waals surface area contributed by atoms with Crippen molar-refractivity contribution >= 4 is 11.6 Å². The summed E-state index contributed by atoms with van der Waals surface area (Å²) in [4.78, 5) is 0. The number of hydrogen-bond acceptors (Lipinski definition) is 0. The lowest BCUT2D eigenvalue weighted by Crippen LogP contribution is -2.28. The summed E-state index contributed by atoms with van der Waals surface area (Å²) in [7, 11) is 0. The second-order valence-corrected chi connectivity index (χ2v) is 11.1. The van der Waals surface area contributed by atoms with Gasteiger partial charge in [-0.3, -0.25) is 0 Å². The molecule has 36 heavy (non-hydrogen) atoms. The van der Waals surface area contributed by atoms with Gasteiger partial charge in [-0.05, 0) is 62.1 Å². The Hall–Kier alpha value is -3.61. The van der Waals surface area contributed by atoms with E-state index in [-0.39, 0.29) is 5.41 Å². The van der Waals surface area contributed by atoms with Crippen LogP contribution in [-0.2, 0) is 10.8 Å². The molecule has 0 spiro atoms. The van der Waals surface area contributed by atoms with E-state index in [4.69, 9.17) is 11.6 Å². The fourth-order valence-corrected chi connectivity index (χ4v) is 6.10. The third kappa shape index (κ3) is 3.44. The fraction of sp³-hybridized carbons (Fsp3) is 0.143. The van der Waals surface area contributed by atoms with Crippen LogP contribution in [-0.4, -0.2) is 0 Å². The predicted molar refractivity (Wildman–Crippen MR) is 153 cm³/mol. The number of fused-ring (bicyclic) bond motifs is 3. The molecule has 0 N–H and O–H groups in total. The van der Waals surface area contributed by atoms with Gasteiger partial charge in [-0.15, -0.1) is 0 Å². The molecule has 5 aromatic rings. The molecule has 1 heteroatoms. The largest absolute Gasteiger partial charge is 0.0837 e. The highest BCUT2D eigenvalue weighted by Gasteiger charge is 2.46. The summed E-state index contributed by atoms with van der Waals surface area (Å²) >= 11 is 6.64. The van der Waals surface area contributed by atoms with Crippen molar-refractivity contribution in [3.05, 3.63) is 154 Å². The van der Waals surface area contributed by atoms with Gasteiger partial charge in [0.25, 0.3) is 0 Å². The molecule has 0 nitrogen and oxygen atoms in total.